The Labute approximate surface area is 112 Å². The second-order valence-electron chi connectivity index (χ2n) is 6.33. The Morgan fingerprint density at radius 3 is 3.00 bits per heavy atom. The molecule has 0 spiro atoms. The van der Waals surface area contributed by atoms with Crippen LogP contribution in [0.3, 0.4) is 0 Å². The number of piperidine rings is 2. The van der Waals surface area contributed by atoms with Crippen molar-refractivity contribution in [3.05, 3.63) is 34.2 Å². The van der Waals surface area contributed by atoms with Crippen molar-refractivity contribution in [2.24, 2.45) is 5.92 Å². The lowest BCUT2D eigenvalue weighted by Gasteiger charge is -2.51. The SMILES string of the molecule is O=c1cccc2n1C[C@@H]1C[C@H]2CN2CC[C@H](O)C[C@@H]12. The van der Waals surface area contributed by atoms with Gasteiger partial charge in [0, 0.05) is 43.4 Å². The minimum absolute atomic E-state index is 0.136. The zero-order valence-corrected chi connectivity index (χ0v) is 11.0. The van der Waals surface area contributed by atoms with Gasteiger partial charge >= 0.3 is 0 Å². The van der Waals surface area contributed by atoms with Crippen LogP contribution in [0.25, 0.3) is 0 Å². The molecule has 0 unspecified atom stereocenters. The van der Waals surface area contributed by atoms with Crippen molar-refractivity contribution in [3.63, 3.8) is 0 Å². The van der Waals surface area contributed by atoms with Crippen LogP contribution in [0.5, 0.6) is 0 Å². The van der Waals surface area contributed by atoms with Gasteiger partial charge in [0.2, 0.25) is 0 Å². The fraction of sp³-hybridized carbons (Fsp3) is 0.667. The van der Waals surface area contributed by atoms with Crippen molar-refractivity contribution in [2.45, 2.75) is 43.9 Å². The highest BCUT2D eigenvalue weighted by Gasteiger charge is 2.43. The summed E-state index contributed by atoms with van der Waals surface area (Å²) in [7, 11) is 0. The molecule has 2 bridgehead atoms. The minimum atomic E-state index is -0.147. The van der Waals surface area contributed by atoms with Crippen molar-refractivity contribution < 1.29 is 5.11 Å². The van der Waals surface area contributed by atoms with Gasteiger partial charge in [-0.3, -0.25) is 9.69 Å². The average molecular weight is 260 g/mol. The van der Waals surface area contributed by atoms with Crippen LogP contribution >= 0.6 is 0 Å². The van der Waals surface area contributed by atoms with Crippen molar-refractivity contribution in [2.75, 3.05) is 13.1 Å². The van der Waals surface area contributed by atoms with Gasteiger partial charge in [-0.25, -0.2) is 0 Å². The molecule has 1 N–H and O–H groups in total. The fourth-order valence-electron chi connectivity index (χ4n) is 4.36. The third-order valence-corrected chi connectivity index (χ3v) is 5.24. The first-order valence-electron chi connectivity index (χ1n) is 7.34. The summed E-state index contributed by atoms with van der Waals surface area (Å²) in [5.74, 6) is 1.03. The third-order valence-electron chi connectivity index (χ3n) is 5.24. The van der Waals surface area contributed by atoms with E-state index in [0.29, 0.717) is 17.9 Å². The number of aliphatic hydroxyl groups excluding tert-OH is 1. The van der Waals surface area contributed by atoms with Crippen LogP contribution in [0.1, 0.15) is 30.9 Å². The average Bonchev–Trinajstić information content (AvgIpc) is 2.41. The van der Waals surface area contributed by atoms with Gasteiger partial charge < -0.3 is 9.67 Å². The minimum Gasteiger partial charge on any atom is -0.393 e. The number of hydrogen-bond donors (Lipinski definition) is 1. The van der Waals surface area contributed by atoms with E-state index in [2.05, 4.69) is 11.0 Å². The van der Waals surface area contributed by atoms with Crippen molar-refractivity contribution in [1.82, 2.24) is 9.47 Å². The van der Waals surface area contributed by atoms with Gasteiger partial charge in [-0.05, 0) is 31.2 Å². The van der Waals surface area contributed by atoms with Gasteiger partial charge in [0.15, 0.2) is 0 Å². The zero-order valence-electron chi connectivity index (χ0n) is 11.0. The lowest BCUT2D eigenvalue weighted by Crippen LogP contribution is -2.56. The smallest absolute Gasteiger partial charge is 0.250 e. The molecule has 4 atom stereocenters. The van der Waals surface area contributed by atoms with Crippen LogP contribution in [-0.4, -0.2) is 39.8 Å². The van der Waals surface area contributed by atoms with E-state index < -0.39 is 0 Å². The highest BCUT2D eigenvalue weighted by molar-refractivity contribution is 5.18. The summed E-state index contributed by atoms with van der Waals surface area (Å²) in [6.45, 7) is 2.90. The van der Waals surface area contributed by atoms with E-state index in [-0.39, 0.29) is 11.7 Å². The molecule has 0 amide bonds. The van der Waals surface area contributed by atoms with Gasteiger partial charge in [0.25, 0.3) is 5.56 Å². The predicted octanol–water partition coefficient (Wildman–Crippen LogP) is 0.791. The lowest BCUT2D eigenvalue weighted by atomic mass is 9.75. The van der Waals surface area contributed by atoms with Crippen LogP contribution in [0.15, 0.2) is 23.0 Å². The lowest BCUT2D eigenvalue weighted by molar-refractivity contribution is -0.0247. The maximum absolute atomic E-state index is 12.0. The molecule has 0 radical (unpaired) electrons. The first-order chi connectivity index (χ1) is 9.22. The number of rotatable bonds is 0. The summed E-state index contributed by atoms with van der Waals surface area (Å²) in [5.41, 5.74) is 1.35. The Bertz CT molecular complexity index is 553. The highest BCUT2D eigenvalue weighted by atomic mass is 16.3. The van der Waals surface area contributed by atoms with Crippen LogP contribution in [0.4, 0.5) is 0 Å². The van der Waals surface area contributed by atoms with Crippen LogP contribution < -0.4 is 5.56 Å². The van der Waals surface area contributed by atoms with E-state index in [1.165, 1.54) is 12.1 Å². The summed E-state index contributed by atoms with van der Waals surface area (Å²) in [6.07, 6.45) is 2.81. The van der Waals surface area contributed by atoms with Gasteiger partial charge in [0.1, 0.15) is 0 Å². The molecule has 4 rings (SSSR count). The van der Waals surface area contributed by atoms with E-state index in [0.717, 1.165) is 32.5 Å². The van der Waals surface area contributed by atoms with Crippen LogP contribution in [0.2, 0.25) is 0 Å². The van der Waals surface area contributed by atoms with Gasteiger partial charge in [0.05, 0.1) is 6.10 Å². The molecule has 19 heavy (non-hydrogen) atoms. The van der Waals surface area contributed by atoms with Crippen molar-refractivity contribution in [3.8, 4) is 0 Å². The molecule has 4 heteroatoms. The largest absolute Gasteiger partial charge is 0.393 e. The predicted molar refractivity (Wildman–Crippen MR) is 72.2 cm³/mol. The van der Waals surface area contributed by atoms with Crippen molar-refractivity contribution in [1.29, 1.82) is 0 Å². The molecule has 4 heterocycles. The summed E-state index contributed by atoms with van der Waals surface area (Å²) >= 11 is 0. The molecule has 1 aromatic heterocycles. The number of nitrogens with zero attached hydrogens (tertiary/aromatic N) is 2. The topological polar surface area (TPSA) is 45.5 Å². The summed E-state index contributed by atoms with van der Waals surface area (Å²) < 4.78 is 1.97. The maximum atomic E-state index is 12.0. The number of pyridine rings is 1. The molecular formula is C15H20N2O2. The van der Waals surface area contributed by atoms with E-state index in [9.17, 15) is 9.90 Å². The van der Waals surface area contributed by atoms with E-state index in [1.807, 2.05) is 10.6 Å². The van der Waals surface area contributed by atoms with Crippen LogP contribution in [-0.2, 0) is 6.54 Å². The second-order valence-corrected chi connectivity index (χ2v) is 6.33. The number of aromatic nitrogens is 1. The number of hydrogen-bond acceptors (Lipinski definition) is 3. The van der Waals surface area contributed by atoms with Gasteiger partial charge in [-0.2, -0.15) is 0 Å². The molecule has 0 saturated carbocycles. The summed E-state index contributed by atoms with van der Waals surface area (Å²) in [6, 6.07) is 6.14. The third kappa shape index (κ3) is 1.77. The molecule has 3 aliphatic rings. The quantitative estimate of drug-likeness (QED) is 0.750. The second kappa shape index (κ2) is 4.18. The van der Waals surface area contributed by atoms with E-state index >= 15 is 0 Å². The molecule has 1 aromatic rings. The fourth-order valence-corrected chi connectivity index (χ4v) is 4.36. The molecule has 0 aliphatic carbocycles. The maximum Gasteiger partial charge on any atom is 0.250 e. The molecule has 0 aromatic carbocycles. The van der Waals surface area contributed by atoms with E-state index in [4.69, 9.17) is 0 Å². The van der Waals surface area contributed by atoms with Crippen LogP contribution in [0, 0.1) is 5.92 Å². The number of aliphatic hydroxyl groups is 1. The molecule has 4 nitrogen and oxygen atoms in total. The summed E-state index contributed by atoms with van der Waals surface area (Å²) in [4.78, 5) is 14.6. The highest BCUT2D eigenvalue weighted by Crippen LogP contribution is 2.41. The molecule has 2 saturated heterocycles. The monoisotopic (exact) mass is 260 g/mol. The zero-order chi connectivity index (χ0) is 13.0. The van der Waals surface area contributed by atoms with E-state index in [1.54, 1.807) is 6.07 Å². The molecular weight excluding hydrogens is 240 g/mol. The van der Waals surface area contributed by atoms with Crippen molar-refractivity contribution >= 4 is 0 Å². The Kier molecular flexibility index (Phi) is 2.57. The summed E-state index contributed by atoms with van der Waals surface area (Å²) in [5, 5.41) is 9.90. The Morgan fingerprint density at radius 2 is 2.11 bits per heavy atom. The number of fused-ring (bicyclic) bond motifs is 6. The Hall–Kier alpha value is -1.13. The molecule has 3 aliphatic heterocycles. The normalized spacial score (nSPS) is 37.5. The first kappa shape index (κ1) is 11.7. The van der Waals surface area contributed by atoms with Gasteiger partial charge in [-0.15, -0.1) is 0 Å². The Balaban J connectivity index is 1.73. The standard InChI is InChI=1S/C15H20N2O2/c18-12-4-5-16-8-10-6-11(14(16)7-12)9-17-13(10)2-1-3-15(17)19/h1-3,10-12,14,18H,4-9H2/t10-,11-,12-,14-/m0/s1. The molecule has 2 fully saturated rings. The Morgan fingerprint density at radius 1 is 1.21 bits per heavy atom. The van der Waals surface area contributed by atoms with Gasteiger partial charge in [-0.1, -0.05) is 6.07 Å². The first-order valence-corrected chi connectivity index (χ1v) is 7.34. The molecule has 102 valence electrons.